The Morgan fingerprint density at radius 1 is 1.33 bits per heavy atom. The van der Waals surface area contributed by atoms with Crippen LogP contribution in [0.3, 0.4) is 0 Å². The van der Waals surface area contributed by atoms with Gasteiger partial charge in [-0.15, -0.1) is 0 Å². The summed E-state index contributed by atoms with van der Waals surface area (Å²) < 4.78 is 5.94. The Morgan fingerprint density at radius 3 is 2.56 bits per heavy atom. The van der Waals surface area contributed by atoms with Crippen molar-refractivity contribution in [1.82, 2.24) is 0 Å². The van der Waals surface area contributed by atoms with Gasteiger partial charge in [-0.05, 0) is 36.3 Å². The Kier molecular flexibility index (Phi) is 4.25. The van der Waals surface area contributed by atoms with Crippen LogP contribution < -0.4 is 10.5 Å². The minimum absolute atomic E-state index is 0.0237. The van der Waals surface area contributed by atoms with Crippen molar-refractivity contribution in [2.45, 2.75) is 44.8 Å². The zero-order valence-electron chi connectivity index (χ0n) is 11.2. The molecule has 0 heterocycles. The second kappa shape index (κ2) is 5.72. The normalized spacial score (nSPS) is 18.7. The van der Waals surface area contributed by atoms with E-state index >= 15 is 0 Å². The van der Waals surface area contributed by atoms with Gasteiger partial charge in [-0.1, -0.05) is 32.0 Å². The van der Waals surface area contributed by atoms with Crippen LogP contribution in [0.2, 0.25) is 0 Å². The van der Waals surface area contributed by atoms with E-state index in [9.17, 15) is 5.11 Å². The molecule has 1 aromatic carbocycles. The molecule has 0 aliphatic heterocycles. The largest absolute Gasteiger partial charge is 0.486 e. The maximum absolute atomic E-state index is 9.46. The molecule has 0 spiro atoms. The van der Waals surface area contributed by atoms with Crippen molar-refractivity contribution in [1.29, 1.82) is 0 Å². The van der Waals surface area contributed by atoms with E-state index in [2.05, 4.69) is 19.9 Å². The van der Waals surface area contributed by atoms with E-state index in [-0.39, 0.29) is 18.8 Å². The molecule has 0 radical (unpaired) electrons. The van der Waals surface area contributed by atoms with E-state index in [0.29, 0.717) is 11.8 Å². The van der Waals surface area contributed by atoms with E-state index in [0.717, 1.165) is 18.6 Å². The molecule has 3 N–H and O–H groups in total. The van der Waals surface area contributed by atoms with Crippen molar-refractivity contribution in [2.24, 2.45) is 11.7 Å². The van der Waals surface area contributed by atoms with Gasteiger partial charge < -0.3 is 15.6 Å². The fraction of sp³-hybridized carbons (Fsp3) is 0.600. The number of aliphatic hydroxyl groups excluding tert-OH is 1. The lowest BCUT2D eigenvalue weighted by Gasteiger charge is -2.25. The molecule has 3 heteroatoms. The quantitative estimate of drug-likeness (QED) is 0.813. The summed E-state index contributed by atoms with van der Waals surface area (Å²) in [5.41, 5.74) is 7.29. The lowest BCUT2D eigenvalue weighted by Crippen LogP contribution is -2.43. The second-order valence-electron chi connectivity index (χ2n) is 5.45. The molecule has 3 nitrogen and oxygen atoms in total. The molecule has 0 saturated heterocycles. The van der Waals surface area contributed by atoms with E-state index < -0.39 is 0 Å². The van der Waals surface area contributed by atoms with Gasteiger partial charge in [0.05, 0.1) is 6.61 Å². The molecule has 1 saturated carbocycles. The van der Waals surface area contributed by atoms with Gasteiger partial charge in [0.1, 0.15) is 11.9 Å². The van der Waals surface area contributed by atoms with Gasteiger partial charge in [-0.3, -0.25) is 0 Å². The van der Waals surface area contributed by atoms with Crippen molar-refractivity contribution in [3.63, 3.8) is 0 Å². The Morgan fingerprint density at radius 2 is 2.00 bits per heavy atom. The number of hydrogen-bond donors (Lipinski definition) is 2. The summed E-state index contributed by atoms with van der Waals surface area (Å²) >= 11 is 0. The molecule has 18 heavy (non-hydrogen) atoms. The molecule has 0 amide bonds. The van der Waals surface area contributed by atoms with Gasteiger partial charge in [-0.2, -0.15) is 0 Å². The van der Waals surface area contributed by atoms with Crippen molar-refractivity contribution >= 4 is 0 Å². The molecule has 1 aliphatic rings. The van der Waals surface area contributed by atoms with Crippen molar-refractivity contribution in [3.8, 4) is 5.75 Å². The fourth-order valence-corrected chi connectivity index (χ4v) is 2.25. The number of benzene rings is 1. The van der Waals surface area contributed by atoms with Crippen molar-refractivity contribution < 1.29 is 9.84 Å². The molecular weight excluding hydrogens is 226 g/mol. The Balaban J connectivity index is 2.11. The van der Waals surface area contributed by atoms with Gasteiger partial charge in [0.2, 0.25) is 0 Å². The highest BCUT2D eigenvalue weighted by atomic mass is 16.5. The summed E-state index contributed by atoms with van der Waals surface area (Å²) in [6.45, 7) is 4.25. The minimum atomic E-state index is -0.294. The highest BCUT2D eigenvalue weighted by Crippen LogP contribution is 2.34. The molecular formula is C15H23NO2. The van der Waals surface area contributed by atoms with E-state index in [1.807, 2.05) is 18.2 Å². The average Bonchev–Trinajstić information content (AvgIpc) is 3.19. The Labute approximate surface area is 109 Å². The summed E-state index contributed by atoms with van der Waals surface area (Å²) in [5, 5.41) is 9.46. The first-order valence-electron chi connectivity index (χ1n) is 6.75. The van der Waals surface area contributed by atoms with Crippen LogP contribution >= 0.6 is 0 Å². The number of para-hydroxylation sites is 1. The maximum Gasteiger partial charge on any atom is 0.137 e. The third-order valence-corrected chi connectivity index (χ3v) is 3.59. The molecule has 1 aliphatic carbocycles. The number of nitrogens with two attached hydrogens (primary N) is 1. The smallest absolute Gasteiger partial charge is 0.137 e. The van der Waals surface area contributed by atoms with Crippen LogP contribution in [0.1, 0.15) is 38.2 Å². The SMILES string of the molecule is CC(C)c1ccccc1OC(CO)C(N)C1CC1. The first kappa shape index (κ1) is 13.4. The van der Waals surface area contributed by atoms with Crippen molar-refractivity contribution in [3.05, 3.63) is 29.8 Å². The lowest BCUT2D eigenvalue weighted by atomic mass is 10.0. The standard InChI is InChI=1S/C15H23NO2/c1-10(2)12-5-3-4-6-13(12)18-14(9-17)15(16)11-7-8-11/h3-6,10-11,14-15,17H,7-9,16H2,1-2H3. The van der Waals surface area contributed by atoms with Crippen LogP contribution in [-0.2, 0) is 0 Å². The van der Waals surface area contributed by atoms with Gasteiger partial charge in [-0.25, -0.2) is 0 Å². The maximum atomic E-state index is 9.46. The fourth-order valence-electron chi connectivity index (χ4n) is 2.25. The third kappa shape index (κ3) is 3.03. The van der Waals surface area contributed by atoms with Crippen LogP contribution in [0.25, 0.3) is 0 Å². The molecule has 2 atom stereocenters. The Hall–Kier alpha value is -1.06. The number of rotatable bonds is 6. The van der Waals surface area contributed by atoms with Gasteiger partial charge in [0.15, 0.2) is 0 Å². The summed E-state index contributed by atoms with van der Waals surface area (Å²) in [6.07, 6.45) is 2.03. The van der Waals surface area contributed by atoms with Crippen LogP contribution in [0.15, 0.2) is 24.3 Å². The highest BCUT2D eigenvalue weighted by Gasteiger charge is 2.35. The predicted molar refractivity (Wildman–Crippen MR) is 72.7 cm³/mol. The number of ether oxygens (including phenoxy) is 1. The second-order valence-corrected chi connectivity index (χ2v) is 5.45. The molecule has 2 rings (SSSR count). The number of hydrogen-bond acceptors (Lipinski definition) is 3. The minimum Gasteiger partial charge on any atom is -0.486 e. The van der Waals surface area contributed by atoms with E-state index in [4.69, 9.17) is 10.5 Å². The number of aliphatic hydroxyl groups is 1. The highest BCUT2D eigenvalue weighted by molar-refractivity contribution is 5.35. The predicted octanol–water partition coefficient (Wildman–Crippen LogP) is 2.29. The summed E-state index contributed by atoms with van der Waals surface area (Å²) in [7, 11) is 0. The molecule has 100 valence electrons. The van der Waals surface area contributed by atoms with E-state index in [1.54, 1.807) is 0 Å². The van der Waals surface area contributed by atoms with E-state index in [1.165, 1.54) is 5.56 Å². The molecule has 0 bridgehead atoms. The van der Waals surface area contributed by atoms with Gasteiger partial charge >= 0.3 is 0 Å². The molecule has 2 unspecified atom stereocenters. The molecule has 1 fully saturated rings. The molecule has 1 aromatic rings. The monoisotopic (exact) mass is 249 g/mol. The topological polar surface area (TPSA) is 55.5 Å². The summed E-state index contributed by atoms with van der Waals surface area (Å²) in [5.74, 6) is 1.77. The van der Waals surface area contributed by atoms with Crippen LogP contribution in [0.4, 0.5) is 0 Å². The zero-order chi connectivity index (χ0) is 13.1. The van der Waals surface area contributed by atoms with Crippen LogP contribution in [0, 0.1) is 5.92 Å². The zero-order valence-corrected chi connectivity index (χ0v) is 11.2. The molecule has 0 aromatic heterocycles. The summed E-state index contributed by atoms with van der Waals surface area (Å²) in [6, 6.07) is 7.93. The lowest BCUT2D eigenvalue weighted by molar-refractivity contribution is 0.0871. The van der Waals surface area contributed by atoms with Crippen LogP contribution in [-0.4, -0.2) is 23.9 Å². The average molecular weight is 249 g/mol. The summed E-state index contributed by atoms with van der Waals surface area (Å²) in [4.78, 5) is 0. The third-order valence-electron chi connectivity index (χ3n) is 3.59. The first-order valence-corrected chi connectivity index (χ1v) is 6.75. The Bertz CT molecular complexity index is 388. The van der Waals surface area contributed by atoms with Crippen molar-refractivity contribution in [2.75, 3.05) is 6.61 Å². The first-order chi connectivity index (χ1) is 8.63. The van der Waals surface area contributed by atoms with Crippen LogP contribution in [0.5, 0.6) is 5.75 Å². The van der Waals surface area contributed by atoms with Gasteiger partial charge in [0.25, 0.3) is 0 Å². The van der Waals surface area contributed by atoms with Gasteiger partial charge in [0, 0.05) is 6.04 Å².